The molecule has 2 aliphatic rings. The second kappa shape index (κ2) is 5.27. The molecule has 0 aromatic carbocycles. The predicted octanol–water partition coefficient (Wildman–Crippen LogP) is 2.34. The summed E-state index contributed by atoms with van der Waals surface area (Å²) in [5, 5.41) is 6.98. The first kappa shape index (κ1) is 12.6. The number of hydrogen-bond donors (Lipinski definition) is 1. The number of aromatic nitrogens is 1. The maximum atomic E-state index is 5.10. The summed E-state index contributed by atoms with van der Waals surface area (Å²) in [7, 11) is 1.76. The van der Waals surface area contributed by atoms with Gasteiger partial charge in [-0.1, -0.05) is 0 Å². The van der Waals surface area contributed by atoms with Crippen LogP contribution in [0, 0.1) is 17.3 Å². The predicted molar refractivity (Wildman–Crippen MR) is 73.8 cm³/mol. The van der Waals surface area contributed by atoms with Crippen LogP contribution in [0.5, 0.6) is 0 Å². The third kappa shape index (κ3) is 2.76. The van der Waals surface area contributed by atoms with Gasteiger partial charge in [0.1, 0.15) is 0 Å². The first-order valence-electron chi connectivity index (χ1n) is 6.89. The second-order valence-corrected chi connectivity index (χ2v) is 6.92. The van der Waals surface area contributed by atoms with E-state index in [1.807, 2.05) is 6.20 Å². The number of nitrogens with zero attached hydrogens (tertiary/aromatic N) is 1. The Balaban J connectivity index is 1.58. The van der Waals surface area contributed by atoms with Crippen molar-refractivity contribution < 1.29 is 4.74 Å². The number of rotatable bonds is 7. The molecule has 2 fully saturated rings. The number of fused-ring (bicyclic) bond motifs is 1. The number of nitrogens with one attached hydrogen (secondary N) is 1. The Hall–Kier alpha value is -0.450. The quantitative estimate of drug-likeness (QED) is 0.769. The number of methoxy groups -OCH3 is 1. The van der Waals surface area contributed by atoms with Crippen molar-refractivity contribution in [3.63, 3.8) is 0 Å². The lowest BCUT2D eigenvalue weighted by Gasteiger charge is -2.30. The van der Waals surface area contributed by atoms with Crippen LogP contribution in [-0.4, -0.2) is 31.8 Å². The topological polar surface area (TPSA) is 34.1 Å². The number of thiazole rings is 1. The maximum absolute atomic E-state index is 5.10. The lowest BCUT2D eigenvalue weighted by molar-refractivity contribution is 0.186. The minimum absolute atomic E-state index is 0.471. The fourth-order valence-electron chi connectivity index (χ4n) is 3.55. The number of ether oxygens (including phenoxy) is 1. The number of hydrogen-bond acceptors (Lipinski definition) is 4. The smallest absolute Gasteiger partial charge is 0.0930 e. The van der Waals surface area contributed by atoms with Gasteiger partial charge in [-0.3, -0.25) is 0 Å². The first-order valence-corrected chi connectivity index (χ1v) is 7.77. The highest BCUT2D eigenvalue weighted by molar-refractivity contribution is 7.09. The second-order valence-electron chi connectivity index (χ2n) is 5.94. The summed E-state index contributed by atoms with van der Waals surface area (Å²) in [6, 6.07) is 0. The summed E-state index contributed by atoms with van der Waals surface area (Å²) in [5.74, 6) is 2.04. The van der Waals surface area contributed by atoms with Gasteiger partial charge in [0.05, 0.1) is 11.6 Å². The highest BCUT2D eigenvalue weighted by Crippen LogP contribution is 2.60. The molecule has 2 unspecified atom stereocenters. The minimum Gasteiger partial charge on any atom is -0.383 e. The molecule has 2 atom stereocenters. The highest BCUT2D eigenvalue weighted by Gasteiger charge is 2.53. The molecule has 4 heteroatoms. The molecule has 2 saturated carbocycles. The molecule has 0 bridgehead atoms. The van der Waals surface area contributed by atoms with E-state index in [1.165, 1.54) is 24.3 Å². The SMILES string of the molecule is COCCNCC1(Cc2nccs2)CC2CC2C1. The van der Waals surface area contributed by atoms with Gasteiger partial charge in [0, 0.05) is 38.2 Å². The minimum atomic E-state index is 0.471. The zero-order chi connectivity index (χ0) is 12.4. The van der Waals surface area contributed by atoms with Crippen molar-refractivity contribution in [1.29, 1.82) is 0 Å². The van der Waals surface area contributed by atoms with Crippen molar-refractivity contribution in [1.82, 2.24) is 10.3 Å². The van der Waals surface area contributed by atoms with E-state index in [-0.39, 0.29) is 0 Å². The van der Waals surface area contributed by atoms with Crippen LogP contribution < -0.4 is 5.32 Å². The van der Waals surface area contributed by atoms with E-state index in [1.54, 1.807) is 18.4 Å². The van der Waals surface area contributed by atoms with Gasteiger partial charge in [-0.05, 0) is 36.5 Å². The largest absolute Gasteiger partial charge is 0.383 e. The van der Waals surface area contributed by atoms with Crippen LogP contribution in [0.4, 0.5) is 0 Å². The summed E-state index contributed by atoms with van der Waals surface area (Å²) in [6.45, 7) is 2.90. The Bertz CT molecular complexity index is 369. The molecule has 1 aromatic rings. The van der Waals surface area contributed by atoms with Crippen molar-refractivity contribution in [2.75, 3.05) is 26.8 Å². The standard InChI is InChI=1S/C14H22N2OS/c1-17-4-2-15-10-14(7-11-6-12(11)8-14)9-13-16-3-5-18-13/h3,5,11-12,15H,2,4,6-10H2,1H3. The van der Waals surface area contributed by atoms with Crippen LogP contribution in [0.25, 0.3) is 0 Å². The van der Waals surface area contributed by atoms with E-state index in [9.17, 15) is 0 Å². The molecular formula is C14H22N2OS. The summed E-state index contributed by atoms with van der Waals surface area (Å²) in [4.78, 5) is 4.48. The van der Waals surface area contributed by atoms with Crippen molar-refractivity contribution in [3.05, 3.63) is 16.6 Å². The highest BCUT2D eigenvalue weighted by atomic mass is 32.1. The maximum Gasteiger partial charge on any atom is 0.0930 e. The van der Waals surface area contributed by atoms with Gasteiger partial charge in [0.15, 0.2) is 0 Å². The van der Waals surface area contributed by atoms with Crippen LogP contribution in [0.2, 0.25) is 0 Å². The molecule has 1 aromatic heterocycles. The Kier molecular flexibility index (Phi) is 3.68. The van der Waals surface area contributed by atoms with E-state index in [0.717, 1.165) is 38.0 Å². The molecule has 0 amide bonds. The summed E-state index contributed by atoms with van der Waals surface area (Å²) in [6.07, 6.45) is 7.38. The molecule has 2 aliphatic carbocycles. The third-order valence-corrected chi connectivity index (χ3v) is 5.23. The monoisotopic (exact) mass is 266 g/mol. The molecule has 1 N–H and O–H groups in total. The summed E-state index contributed by atoms with van der Waals surface area (Å²) >= 11 is 1.80. The molecule has 3 nitrogen and oxygen atoms in total. The van der Waals surface area contributed by atoms with Gasteiger partial charge < -0.3 is 10.1 Å². The van der Waals surface area contributed by atoms with Crippen LogP contribution in [0.3, 0.4) is 0 Å². The van der Waals surface area contributed by atoms with Gasteiger partial charge >= 0.3 is 0 Å². The van der Waals surface area contributed by atoms with E-state index in [0.29, 0.717) is 5.41 Å². The zero-order valence-corrected chi connectivity index (χ0v) is 11.8. The zero-order valence-electron chi connectivity index (χ0n) is 11.0. The van der Waals surface area contributed by atoms with Crippen LogP contribution in [0.1, 0.15) is 24.3 Å². The molecule has 0 aliphatic heterocycles. The molecular weight excluding hydrogens is 244 g/mol. The van der Waals surface area contributed by atoms with Crippen LogP contribution >= 0.6 is 11.3 Å². The van der Waals surface area contributed by atoms with Crippen LogP contribution in [0.15, 0.2) is 11.6 Å². The fourth-order valence-corrected chi connectivity index (χ4v) is 4.34. The molecule has 1 heterocycles. The van der Waals surface area contributed by atoms with Gasteiger partial charge in [-0.2, -0.15) is 0 Å². The van der Waals surface area contributed by atoms with E-state index in [4.69, 9.17) is 4.74 Å². The van der Waals surface area contributed by atoms with Crippen LogP contribution in [-0.2, 0) is 11.2 Å². The van der Waals surface area contributed by atoms with Gasteiger partial charge in [-0.25, -0.2) is 4.98 Å². The van der Waals surface area contributed by atoms with Crippen molar-refractivity contribution in [3.8, 4) is 0 Å². The van der Waals surface area contributed by atoms with Crippen molar-refractivity contribution in [2.24, 2.45) is 17.3 Å². The molecule has 0 saturated heterocycles. The van der Waals surface area contributed by atoms with Gasteiger partial charge in [0.2, 0.25) is 0 Å². The van der Waals surface area contributed by atoms with Crippen molar-refractivity contribution >= 4 is 11.3 Å². The average molecular weight is 266 g/mol. The summed E-state index contributed by atoms with van der Waals surface area (Å²) < 4.78 is 5.10. The van der Waals surface area contributed by atoms with Gasteiger partial charge in [0.25, 0.3) is 0 Å². The average Bonchev–Trinajstić information content (AvgIpc) is 2.81. The summed E-state index contributed by atoms with van der Waals surface area (Å²) in [5.41, 5.74) is 0.471. The normalized spacial score (nSPS) is 33.6. The van der Waals surface area contributed by atoms with Gasteiger partial charge in [-0.15, -0.1) is 11.3 Å². The molecule has 0 spiro atoms. The third-order valence-electron chi connectivity index (χ3n) is 4.45. The molecule has 0 radical (unpaired) electrons. The molecule has 100 valence electrons. The fraction of sp³-hybridized carbons (Fsp3) is 0.786. The van der Waals surface area contributed by atoms with E-state index < -0.39 is 0 Å². The Labute approximate surface area is 113 Å². The van der Waals surface area contributed by atoms with E-state index >= 15 is 0 Å². The van der Waals surface area contributed by atoms with E-state index in [2.05, 4.69) is 15.7 Å². The molecule has 18 heavy (non-hydrogen) atoms. The lowest BCUT2D eigenvalue weighted by atomic mass is 9.80. The lowest BCUT2D eigenvalue weighted by Crippen LogP contribution is -2.36. The van der Waals surface area contributed by atoms with Crippen molar-refractivity contribution in [2.45, 2.75) is 25.7 Å². The Morgan fingerprint density at radius 2 is 2.33 bits per heavy atom. The Morgan fingerprint density at radius 3 is 3.00 bits per heavy atom. The molecule has 3 rings (SSSR count). The Morgan fingerprint density at radius 1 is 1.50 bits per heavy atom. The first-order chi connectivity index (χ1) is 8.81.